The van der Waals surface area contributed by atoms with E-state index in [2.05, 4.69) is 5.32 Å². The van der Waals surface area contributed by atoms with Crippen molar-refractivity contribution in [2.75, 3.05) is 19.4 Å². The lowest BCUT2D eigenvalue weighted by atomic mass is 10.1. The van der Waals surface area contributed by atoms with Gasteiger partial charge in [0.2, 0.25) is 10.0 Å². The van der Waals surface area contributed by atoms with Crippen molar-refractivity contribution >= 4 is 39.0 Å². The number of ketones is 1. The molecule has 0 fully saturated rings. The standard InChI is InChI=1S/C17H17ClN2O4S/c1-11(21)12-5-4-6-14(9-12)19-17(22)13-7-8-15(18)16(10-13)25(23,24)20(2)3/h4-10H,1-3H3,(H,19,22). The van der Waals surface area contributed by atoms with Crippen LogP contribution >= 0.6 is 11.6 Å². The van der Waals surface area contributed by atoms with Crippen LogP contribution in [0.1, 0.15) is 27.6 Å². The number of nitrogens with zero attached hydrogens (tertiary/aromatic N) is 1. The molecule has 0 aliphatic carbocycles. The van der Waals surface area contributed by atoms with E-state index < -0.39 is 15.9 Å². The average molecular weight is 381 g/mol. The van der Waals surface area contributed by atoms with Gasteiger partial charge in [-0.2, -0.15) is 0 Å². The van der Waals surface area contributed by atoms with E-state index in [4.69, 9.17) is 11.6 Å². The zero-order valence-corrected chi connectivity index (χ0v) is 15.5. The number of hydrogen-bond acceptors (Lipinski definition) is 4. The summed E-state index contributed by atoms with van der Waals surface area (Å²) < 4.78 is 25.6. The third kappa shape index (κ3) is 4.25. The summed E-state index contributed by atoms with van der Waals surface area (Å²) in [4.78, 5) is 23.7. The molecule has 8 heteroatoms. The molecule has 0 bridgehead atoms. The first-order chi connectivity index (χ1) is 11.6. The van der Waals surface area contributed by atoms with E-state index in [1.165, 1.54) is 39.2 Å². The van der Waals surface area contributed by atoms with E-state index in [1.807, 2.05) is 0 Å². The van der Waals surface area contributed by atoms with Crippen molar-refractivity contribution in [2.45, 2.75) is 11.8 Å². The second-order valence-corrected chi connectivity index (χ2v) is 8.05. The molecule has 0 aliphatic rings. The number of rotatable bonds is 5. The Morgan fingerprint density at radius 2 is 1.72 bits per heavy atom. The third-order valence-electron chi connectivity index (χ3n) is 3.48. The molecule has 0 aliphatic heterocycles. The highest BCUT2D eigenvalue weighted by Crippen LogP contribution is 2.25. The summed E-state index contributed by atoms with van der Waals surface area (Å²) in [5.41, 5.74) is 1.03. The summed E-state index contributed by atoms with van der Waals surface area (Å²) in [5.74, 6) is -0.630. The van der Waals surface area contributed by atoms with Gasteiger partial charge in [-0.05, 0) is 37.3 Å². The van der Waals surface area contributed by atoms with Gasteiger partial charge in [0.25, 0.3) is 5.91 Å². The average Bonchev–Trinajstić information content (AvgIpc) is 2.55. The maximum absolute atomic E-state index is 12.4. The second-order valence-electron chi connectivity index (χ2n) is 5.52. The largest absolute Gasteiger partial charge is 0.322 e. The van der Waals surface area contributed by atoms with Crippen LogP contribution in [0.15, 0.2) is 47.4 Å². The SMILES string of the molecule is CC(=O)c1cccc(NC(=O)c2ccc(Cl)c(S(=O)(=O)N(C)C)c2)c1. The Labute approximate surface area is 151 Å². The maximum atomic E-state index is 12.4. The molecule has 0 spiro atoms. The number of carbonyl (C=O) groups excluding carboxylic acids is 2. The highest BCUT2D eigenvalue weighted by atomic mass is 35.5. The Hall–Kier alpha value is -2.22. The fraction of sp³-hybridized carbons (Fsp3) is 0.176. The van der Waals surface area contributed by atoms with Crippen molar-refractivity contribution in [3.05, 3.63) is 58.6 Å². The summed E-state index contributed by atoms with van der Waals surface area (Å²) in [5, 5.41) is 2.67. The van der Waals surface area contributed by atoms with Crippen LogP contribution in [0.3, 0.4) is 0 Å². The van der Waals surface area contributed by atoms with Gasteiger partial charge >= 0.3 is 0 Å². The number of nitrogens with one attached hydrogen (secondary N) is 1. The number of halogens is 1. The van der Waals surface area contributed by atoms with Crippen LogP contribution in [0.2, 0.25) is 5.02 Å². The molecule has 2 rings (SSSR count). The van der Waals surface area contributed by atoms with Crippen LogP contribution in [-0.2, 0) is 10.0 Å². The van der Waals surface area contributed by atoms with Crippen LogP contribution in [0.25, 0.3) is 0 Å². The molecule has 2 aromatic carbocycles. The maximum Gasteiger partial charge on any atom is 0.255 e. The van der Waals surface area contributed by atoms with Crippen molar-refractivity contribution < 1.29 is 18.0 Å². The summed E-state index contributed by atoms with van der Waals surface area (Å²) in [6.07, 6.45) is 0. The molecule has 0 saturated heterocycles. The minimum atomic E-state index is -3.78. The molecule has 1 N–H and O–H groups in total. The van der Waals surface area contributed by atoms with Crippen LogP contribution in [-0.4, -0.2) is 38.5 Å². The van der Waals surface area contributed by atoms with E-state index in [1.54, 1.807) is 24.3 Å². The minimum Gasteiger partial charge on any atom is -0.322 e. The lowest BCUT2D eigenvalue weighted by molar-refractivity contribution is 0.101. The Kier molecular flexibility index (Phi) is 5.62. The lowest BCUT2D eigenvalue weighted by Gasteiger charge is -2.14. The van der Waals surface area contributed by atoms with Gasteiger partial charge in [0, 0.05) is 30.9 Å². The Morgan fingerprint density at radius 3 is 2.32 bits per heavy atom. The molecule has 0 saturated carbocycles. The molecular formula is C17H17ClN2O4S. The van der Waals surface area contributed by atoms with Gasteiger partial charge < -0.3 is 5.32 Å². The monoisotopic (exact) mass is 380 g/mol. The topological polar surface area (TPSA) is 83.5 Å². The van der Waals surface area contributed by atoms with Crippen LogP contribution in [0.4, 0.5) is 5.69 Å². The number of carbonyl (C=O) groups is 2. The van der Waals surface area contributed by atoms with Crippen LogP contribution in [0.5, 0.6) is 0 Å². The van der Waals surface area contributed by atoms with Crippen molar-refractivity contribution in [1.82, 2.24) is 4.31 Å². The number of amides is 1. The molecule has 0 aromatic heterocycles. The molecule has 2 aromatic rings. The Bertz CT molecular complexity index is 939. The normalized spacial score (nSPS) is 11.4. The van der Waals surface area contributed by atoms with Crippen LogP contribution < -0.4 is 5.32 Å². The minimum absolute atomic E-state index is 0.0313. The highest BCUT2D eigenvalue weighted by molar-refractivity contribution is 7.89. The number of anilines is 1. The van der Waals surface area contributed by atoms with Gasteiger partial charge in [0.15, 0.2) is 5.78 Å². The number of benzene rings is 2. The molecule has 6 nitrogen and oxygen atoms in total. The third-order valence-corrected chi connectivity index (χ3v) is 5.78. The fourth-order valence-corrected chi connectivity index (χ4v) is 3.45. The van der Waals surface area contributed by atoms with E-state index in [0.717, 1.165) is 4.31 Å². The zero-order chi connectivity index (χ0) is 18.8. The Balaban J connectivity index is 2.35. The number of sulfonamides is 1. The second kappa shape index (κ2) is 7.35. The van der Waals surface area contributed by atoms with Gasteiger partial charge in [-0.15, -0.1) is 0 Å². The van der Waals surface area contributed by atoms with Gasteiger partial charge in [0.1, 0.15) is 4.90 Å². The smallest absolute Gasteiger partial charge is 0.255 e. The van der Waals surface area contributed by atoms with E-state index in [-0.39, 0.29) is 21.3 Å². The van der Waals surface area contributed by atoms with Gasteiger partial charge in [0.05, 0.1) is 5.02 Å². The van der Waals surface area contributed by atoms with Crippen LogP contribution in [0, 0.1) is 0 Å². The number of Topliss-reactive ketones (excluding diaryl/α,β-unsaturated/α-hetero) is 1. The quantitative estimate of drug-likeness (QED) is 0.808. The highest BCUT2D eigenvalue weighted by Gasteiger charge is 2.22. The zero-order valence-electron chi connectivity index (χ0n) is 13.9. The summed E-state index contributed by atoms with van der Waals surface area (Å²) in [6.45, 7) is 1.43. The van der Waals surface area contributed by atoms with Gasteiger partial charge in [-0.1, -0.05) is 23.7 Å². The summed E-state index contributed by atoms with van der Waals surface area (Å²) >= 11 is 5.97. The number of hydrogen-bond donors (Lipinski definition) is 1. The lowest BCUT2D eigenvalue weighted by Crippen LogP contribution is -2.23. The molecule has 0 atom stereocenters. The first kappa shape index (κ1) is 19.1. The predicted molar refractivity (Wildman–Crippen MR) is 96.7 cm³/mol. The molecule has 132 valence electrons. The Morgan fingerprint density at radius 1 is 1.04 bits per heavy atom. The molecule has 0 unspecified atom stereocenters. The van der Waals surface area contributed by atoms with E-state index >= 15 is 0 Å². The summed E-state index contributed by atoms with van der Waals surface area (Å²) in [6, 6.07) is 10.5. The van der Waals surface area contributed by atoms with Crippen molar-refractivity contribution in [3.8, 4) is 0 Å². The van der Waals surface area contributed by atoms with Gasteiger partial charge in [-0.25, -0.2) is 12.7 Å². The molecule has 1 amide bonds. The molecular weight excluding hydrogens is 364 g/mol. The van der Waals surface area contributed by atoms with Gasteiger partial charge in [-0.3, -0.25) is 9.59 Å². The summed E-state index contributed by atoms with van der Waals surface area (Å²) in [7, 11) is -1.02. The van der Waals surface area contributed by atoms with Crippen molar-refractivity contribution in [1.29, 1.82) is 0 Å². The molecule has 0 heterocycles. The van der Waals surface area contributed by atoms with Crippen molar-refractivity contribution in [3.63, 3.8) is 0 Å². The molecule has 0 radical (unpaired) electrons. The molecule has 25 heavy (non-hydrogen) atoms. The first-order valence-corrected chi connectivity index (χ1v) is 9.09. The van der Waals surface area contributed by atoms with E-state index in [9.17, 15) is 18.0 Å². The predicted octanol–water partition coefficient (Wildman–Crippen LogP) is 3.05. The first-order valence-electron chi connectivity index (χ1n) is 7.27. The van der Waals surface area contributed by atoms with Crippen molar-refractivity contribution in [2.24, 2.45) is 0 Å². The fourth-order valence-electron chi connectivity index (χ4n) is 2.06. The van der Waals surface area contributed by atoms with E-state index in [0.29, 0.717) is 11.3 Å².